The Hall–Kier alpha value is -4.51. The number of thiazole rings is 1. The normalized spacial score (nSPS) is 14.9. The molecule has 196 valence electrons. The average molecular weight is 537 g/mol. The number of methoxy groups -OCH3 is 2. The number of hydrogen-bond acceptors (Lipinski definition) is 10. The Morgan fingerprint density at radius 1 is 0.974 bits per heavy atom. The fraction of sp³-hybridized carbons (Fsp3) is 0.222. The first-order chi connectivity index (χ1) is 18.1. The molecule has 38 heavy (non-hydrogen) atoms. The molecule has 4 rings (SSSR count). The number of benzene rings is 2. The Morgan fingerprint density at radius 3 is 2.24 bits per heavy atom. The summed E-state index contributed by atoms with van der Waals surface area (Å²) in [6, 6.07) is 10.7. The third kappa shape index (κ3) is 5.28. The maximum absolute atomic E-state index is 13.7. The van der Waals surface area contributed by atoms with Crippen LogP contribution < -0.4 is 29.1 Å². The van der Waals surface area contributed by atoms with E-state index in [1.54, 1.807) is 50.4 Å². The largest absolute Gasteiger partial charge is 0.497 e. The van der Waals surface area contributed by atoms with E-state index in [9.17, 15) is 19.2 Å². The van der Waals surface area contributed by atoms with Gasteiger partial charge in [0.25, 0.3) is 5.56 Å². The monoisotopic (exact) mass is 536 g/mol. The number of aromatic nitrogens is 1. The van der Waals surface area contributed by atoms with Crippen LogP contribution in [0.2, 0.25) is 0 Å². The fourth-order valence-electron chi connectivity index (χ4n) is 4.04. The number of carbonyl (C=O) groups is 3. The summed E-state index contributed by atoms with van der Waals surface area (Å²) < 4.78 is 22.4. The molecule has 3 aromatic rings. The van der Waals surface area contributed by atoms with Crippen LogP contribution in [0.15, 0.2) is 63.5 Å². The van der Waals surface area contributed by atoms with Crippen molar-refractivity contribution in [2.75, 3.05) is 14.2 Å². The summed E-state index contributed by atoms with van der Waals surface area (Å²) in [5, 5.41) is 0. The van der Waals surface area contributed by atoms with Crippen LogP contribution in [-0.4, -0.2) is 36.7 Å². The van der Waals surface area contributed by atoms with Crippen LogP contribution >= 0.6 is 11.3 Å². The molecule has 0 amide bonds. The van der Waals surface area contributed by atoms with E-state index in [0.29, 0.717) is 27.4 Å². The summed E-state index contributed by atoms with van der Waals surface area (Å²) in [4.78, 5) is 54.5. The second kappa shape index (κ2) is 10.9. The molecule has 11 heteroatoms. The van der Waals surface area contributed by atoms with Crippen molar-refractivity contribution in [1.82, 2.24) is 4.57 Å². The number of rotatable bonds is 6. The quantitative estimate of drug-likeness (QED) is 0.347. The summed E-state index contributed by atoms with van der Waals surface area (Å²) in [6.45, 7) is 4.18. The number of ether oxygens (including phenoxy) is 4. The van der Waals surface area contributed by atoms with Crippen LogP contribution in [0, 0.1) is 0 Å². The molecule has 1 aliphatic heterocycles. The van der Waals surface area contributed by atoms with E-state index < -0.39 is 29.5 Å². The molecule has 0 saturated carbocycles. The molecule has 0 spiro atoms. The molecule has 0 saturated heterocycles. The third-order valence-electron chi connectivity index (χ3n) is 5.65. The summed E-state index contributed by atoms with van der Waals surface area (Å²) in [5.74, 6) is -0.796. The minimum atomic E-state index is -0.786. The van der Waals surface area contributed by atoms with Crippen molar-refractivity contribution in [2.24, 2.45) is 4.99 Å². The molecule has 0 radical (unpaired) electrons. The van der Waals surface area contributed by atoms with Crippen molar-refractivity contribution in [3.63, 3.8) is 0 Å². The fourth-order valence-corrected chi connectivity index (χ4v) is 5.08. The molecule has 1 aromatic heterocycles. The minimum Gasteiger partial charge on any atom is -0.497 e. The topological polar surface area (TPSA) is 122 Å². The lowest BCUT2D eigenvalue weighted by Crippen LogP contribution is -2.39. The summed E-state index contributed by atoms with van der Waals surface area (Å²) in [6.07, 6.45) is 1.56. The van der Waals surface area contributed by atoms with E-state index in [4.69, 9.17) is 18.9 Å². The van der Waals surface area contributed by atoms with Gasteiger partial charge in [-0.2, -0.15) is 0 Å². The van der Waals surface area contributed by atoms with Crippen LogP contribution in [0.3, 0.4) is 0 Å². The number of carbonyl (C=O) groups excluding carboxylic acids is 3. The van der Waals surface area contributed by atoms with E-state index in [1.165, 1.54) is 37.7 Å². The number of allylic oxidation sites excluding steroid dienone is 1. The predicted octanol–water partition coefficient (Wildman–Crippen LogP) is 2.27. The highest BCUT2D eigenvalue weighted by Crippen LogP contribution is 2.31. The van der Waals surface area contributed by atoms with Crippen LogP contribution in [0.5, 0.6) is 17.2 Å². The summed E-state index contributed by atoms with van der Waals surface area (Å²) in [7, 11) is 2.82. The van der Waals surface area contributed by atoms with Gasteiger partial charge in [0, 0.05) is 25.5 Å². The lowest BCUT2D eigenvalue weighted by molar-refractivity contribution is -0.137. The van der Waals surface area contributed by atoms with E-state index in [0.717, 1.165) is 11.3 Å². The molecule has 2 heterocycles. The van der Waals surface area contributed by atoms with Gasteiger partial charge in [-0.1, -0.05) is 23.5 Å². The van der Waals surface area contributed by atoms with Crippen molar-refractivity contribution >= 4 is 35.3 Å². The third-order valence-corrected chi connectivity index (χ3v) is 6.63. The number of esters is 3. The van der Waals surface area contributed by atoms with E-state index in [2.05, 4.69) is 4.99 Å². The zero-order valence-corrected chi connectivity index (χ0v) is 22.1. The van der Waals surface area contributed by atoms with Crippen molar-refractivity contribution < 1.29 is 33.3 Å². The van der Waals surface area contributed by atoms with Gasteiger partial charge in [0.1, 0.15) is 17.2 Å². The number of hydrogen-bond donors (Lipinski definition) is 0. The molecule has 1 atom stereocenters. The summed E-state index contributed by atoms with van der Waals surface area (Å²) in [5.41, 5.74) is 1.34. The SMILES string of the molecule is COC(=O)C1=C(C)N=c2sc(=Cc3ccc(OC(C)=O)cc3OC(C)=O)c(=O)n2C1c1ccc(OC)cc1. The highest BCUT2D eigenvalue weighted by Gasteiger charge is 2.33. The lowest BCUT2D eigenvalue weighted by Gasteiger charge is -2.24. The lowest BCUT2D eigenvalue weighted by atomic mass is 9.96. The molecule has 2 aromatic carbocycles. The predicted molar refractivity (Wildman–Crippen MR) is 138 cm³/mol. The van der Waals surface area contributed by atoms with Gasteiger partial charge in [0.2, 0.25) is 0 Å². The van der Waals surface area contributed by atoms with Gasteiger partial charge >= 0.3 is 17.9 Å². The maximum Gasteiger partial charge on any atom is 0.338 e. The zero-order valence-electron chi connectivity index (χ0n) is 21.3. The molecular formula is C27H24N2O8S. The van der Waals surface area contributed by atoms with Gasteiger partial charge in [-0.3, -0.25) is 19.0 Å². The van der Waals surface area contributed by atoms with Crippen molar-refractivity contribution in [1.29, 1.82) is 0 Å². The van der Waals surface area contributed by atoms with E-state index >= 15 is 0 Å². The van der Waals surface area contributed by atoms with Crippen molar-refractivity contribution in [3.8, 4) is 17.2 Å². The number of fused-ring (bicyclic) bond motifs is 1. The van der Waals surface area contributed by atoms with Gasteiger partial charge in [0.15, 0.2) is 4.80 Å². The summed E-state index contributed by atoms with van der Waals surface area (Å²) >= 11 is 1.12. The molecular weight excluding hydrogens is 512 g/mol. The zero-order chi connectivity index (χ0) is 27.6. The Labute approximate surface area is 221 Å². The Balaban J connectivity index is 1.92. The second-order valence-electron chi connectivity index (χ2n) is 8.23. The minimum absolute atomic E-state index is 0.111. The average Bonchev–Trinajstić information content (AvgIpc) is 3.18. The van der Waals surface area contributed by atoms with Crippen molar-refractivity contribution in [2.45, 2.75) is 26.8 Å². The van der Waals surface area contributed by atoms with Crippen molar-refractivity contribution in [3.05, 3.63) is 84.5 Å². The Bertz CT molecular complexity index is 1650. The van der Waals surface area contributed by atoms with Gasteiger partial charge < -0.3 is 18.9 Å². The van der Waals surface area contributed by atoms with Crippen LogP contribution in [0.1, 0.15) is 37.9 Å². The molecule has 0 N–H and O–H groups in total. The molecule has 1 unspecified atom stereocenters. The van der Waals surface area contributed by atoms with Crippen LogP contribution in [0.25, 0.3) is 6.08 Å². The maximum atomic E-state index is 13.7. The van der Waals surface area contributed by atoms with Crippen LogP contribution in [-0.2, 0) is 19.1 Å². The van der Waals surface area contributed by atoms with E-state index in [-0.39, 0.29) is 21.6 Å². The first kappa shape index (κ1) is 26.6. The molecule has 0 bridgehead atoms. The Morgan fingerprint density at radius 2 is 1.63 bits per heavy atom. The first-order valence-corrected chi connectivity index (χ1v) is 12.2. The molecule has 10 nitrogen and oxygen atoms in total. The van der Waals surface area contributed by atoms with E-state index in [1.807, 2.05) is 0 Å². The highest BCUT2D eigenvalue weighted by molar-refractivity contribution is 7.07. The van der Waals surface area contributed by atoms with Gasteiger partial charge in [0.05, 0.1) is 36.1 Å². The van der Waals surface area contributed by atoms with Gasteiger partial charge in [-0.25, -0.2) is 9.79 Å². The van der Waals surface area contributed by atoms with Gasteiger partial charge in [-0.15, -0.1) is 0 Å². The number of nitrogens with zero attached hydrogens (tertiary/aromatic N) is 2. The van der Waals surface area contributed by atoms with Gasteiger partial charge in [-0.05, 0) is 42.8 Å². The van der Waals surface area contributed by atoms with Crippen LogP contribution in [0.4, 0.5) is 0 Å². The smallest absolute Gasteiger partial charge is 0.338 e. The first-order valence-electron chi connectivity index (χ1n) is 11.4. The molecule has 1 aliphatic rings. The Kier molecular flexibility index (Phi) is 7.58. The molecule has 0 fully saturated rings. The standard InChI is InChI=1S/C27H24N2O8S/c1-14-23(26(33)35-5)24(17-6-9-19(34-4)10-7-17)29-25(32)22(38-27(29)28-14)12-18-8-11-20(36-15(2)30)13-21(18)37-16(3)31/h6-13,24H,1-5H3. The molecule has 0 aliphatic carbocycles. The second-order valence-corrected chi connectivity index (χ2v) is 9.24. The highest BCUT2D eigenvalue weighted by atomic mass is 32.1.